The quantitative estimate of drug-likeness (QED) is 0.202. The molecule has 10 heteroatoms. The third kappa shape index (κ3) is 6.90. The molecule has 46 heavy (non-hydrogen) atoms. The average molecular weight is 638 g/mol. The van der Waals surface area contributed by atoms with E-state index in [0.29, 0.717) is 56.6 Å². The van der Waals surface area contributed by atoms with Gasteiger partial charge in [0.2, 0.25) is 0 Å². The molecular formula is C36H35N3O6S. The van der Waals surface area contributed by atoms with Crippen molar-refractivity contribution in [2.24, 2.45) is 4.99 Å². The van der Waals surface area contributed by atoms with Crippen molar-refractivity contribution in [3.05, 3.63) is 120 Å². The predicted octanol–water partition coefficient (Wildman–Crippen LogP) is 5.43. The Labute approximate surface area is 271 Å². The Morgan fingerprint density at radius 3 is 2.46 bits per heavy atom. The summed E-state index contributed by atoms with van der Waals surface area (Å²) in [5.41, 5.74) is 3.31. The molecule has 0 radical (unpaired) electrons. The number of nitrogens with zero attached hydrogens (tertiary/aromatic N) is 3. The maximum Gasteiger partial charge on any atom is 0.338 e. The molecule has 4 aromatic rings. The van der Waals surface area contributed by atoms with Gasteiger partial charge in [0.25, 0.3) is 5.56 Å². The Kier molecular flexibility index (Phi) is 10.0. The van der Waals surface area contributed by atoms with Gasteiger partial charge >= 0.3 is 5.97 Å². The second kappa shape index (κ2) is 14.3. The first-order valence-electron chi connectivity index (χ1n) is 15.1. The molecule has 0 aliphatic carbocycles. The zero-order valence-corrected chi connectivity index (χ0v) is 27.2. The van der Waals surface area contributed by atoms with E-state index in [-0.39, 0.29) is 18.3 Å². The zero-order valence-electron chi connectivity index (χ0n) is 26.4. The molecule has 2 heterocycles. The summed E-state index contributed by atoms with van der Waals surface area (Å²) in [6.45, 7) is 10.3. The number of allylic oxidation sites excluding steroid dienone is 1. The number of hydrogen-bond donors (Lipinski definition) is 0. The van der Waals surface area contributed by atoms with Crippen LogP contribution in [0.5, 0.6) is 17.2 Å². The molecule has 1 atom stereocenters. The molecular weight excluding hydrogens is 602 g/mol. The first-order valence-corrected chi connectivity index (χ1v) is 15.9. The van der Waals surface area contributed by atoms with Gasteiger partial charge in [-0.05, 0) is 82.2 Å². The number of rotatable bonds is 11. The Morgan fingerprint density at radius 2 is 1.76 bits per heavy atom. The maximum absolute atomic E-state index is 14.1. The van der Waals surface area contributed by atoms with Crippen molar-refractivity contribution >= 4 is 23.4 Å². The number of carbonyl (C=O) groups excluding carboxylic acids is 1. The van der Waals surface area contributed by atoms with E-state index in [4.69, 9.17) is 18.9 Å². The Morgan fingerprint density at radius 1 is 1.02 bits per heavy atom. The van der Waals surface area contributed by atoms with E-state index >= 15 is 0 Å². The summed E-state index contributed by atoms with van der Waals surface area (Å²) in [4.78, 5) is 32.6. The van der Waals surface area contributed by atoms with E-state index in [1.807, 2.05) is 68.4 Å². The van der Waals surface area contributed by atoms with Crippen LogP contribution in [0.25, 0.3) is 6.08 Å². The molecule has 0 amide bonds. The molecule has 0 spiro atoms. The summed E-state index contributed by atoms with van der Waals surface area (Å²) < 4.78 is 25.1. The highest BCUT2D eigenvalue weighted by atomic mass is 32.1. The Balaban J connectivity index is 1.55. The summed E-state index contributed by atoms with van der Waals surface area (Å²) in [5, 5.41) is 9.42. The van der Waals surface area contributed by atoms with Gasteiger partial charge in [-0.1, -0.05) is 47.7 Å². The van der Waals surface area contributed by atoms with Crippen LogP contribution >= 0.6 is 11.3 Å². The standard InChI is InChI=1S/C36H35N3O6S/c1-6-42-28-15-13-25(14-16-28)33-32(35(41)45-22(3)4)23(5)38-36-39(33)34(40)31(46-36)19-24-12-17-29(30(18-24)43-7-2)44-21-27-11-9-8-10-26(27)20-37/h8-19,22,33H,6-7,21H2,1-5H3/b31-19+/t33-/m1/s1. The van der Waals surface area contributed by atoms with Gasteiger partial charge in [-0.25, -0.2) is 9.79 Å². The van der Waals surface area contributed by atoms with Crippen molar-refractivity contribution in [2.45, 2.75) is 53.4 Å². The van der Waals surface area contributed by atoms with Crippen molar-refractivity contribution in [3.8, 4) is 23.3 Å². The lowest BCUT2D eigenvalue weighted by atomic mass is 9.96. The van der Waals surface area contributed by atoms with Crippen LogP contribution in [-0.2, 0) is 16.1 Å². The number of aromatic nitrogens is 1. The fourth-order valence-electron chi connectivity index (χ4n) is 5.15. The average Bonchev–Trinajstić information content (AvgIpc) is 3.34. The third-order valence-corrected chi connectivity index (χ3v) is 8.16. The highest BCUT2D eigenvalue weighted by molar-refractivity contribution is 7.07. The number of hydrogen-bond acceptors (Lipinski definition) is 9. The SMILES string of the molecule is CCOc1ccc([C@@H]2C(C(=O)OC(C)C)=C(C)N=c3s/c(=C/c4ccc(OCc5ccccc5C#N)c(OCC)c4)c(=O)n32)cc1. The molecule has 0 N–H and O–H groups in total. The molecule has 9 nitrogen and oxygen atoms in total. The van der Waals surface area contributed by atoms with Crippen LogP contribution in [0.4, 0.5) is 0 Å². The molecule has 0 saturated carbocycles. The molecule has 5 rings (SSSR count). The van der Waals surface area contributed by atoms with Gasteiger partial charge in [-0.2, -0.15) is 5.26 Å². The fourth-order valence-corrected chi connectivity index (χ4v) is 6.20. The molecule has 0 fully saturated rings. The summed E-state index contributed by atoms with van der Waals surface area (Å²) >= 11 is 1.25. The second-order valence-electron chi connectivity index (χ2n) is 10.7. The van der Waals surface area contributed by atoms with Crippen LogP contribution in [0.3, 0.4) is 0 Å². The highest BCUT2D eigenvalue weighted by Crippen LogP contribution is 2.33. The van der Waals surface area contributed by atoms with E-state index in [9.17, 15) is 14.9 Å². The Bertz CT molecular complexity index is 2000. The van der Waals surface area contributed by atoms with Gasteiger partial charge in [-0.3, -0.25) is 9.36 Å². The number of fused-ring (bicyclic) bond motifs is 1. The number of ether oxygens (including phenoxy) is 4. The van der Waals surface area contributed by atoms with Crippen molar-refractivity contribution in [3.63, 3.8) is 0 Å². The van der Waals surface area contributed by atoms with E-state index < -0.39 is 12.0 Å². The van der Waals surface area contributed by atoms with Crippen molar-refractivity contribution in [1.82, 2.24) is 4.57 Å². The lowest BCUT2D eigenvalue weighted by Gasteiger charge is -2.25. The first-order chi connectivity index (χ1) is 22.2. The van der Waals surface area contributed by atoms with Crippen LogP contribution in [0.2, 0.25) is 0 Å². The van der Waals surface area contributed by atoms with Gasteiger partial charge in [-0.15, -0.1) is 0 Å². The van der Waals surface area contributed by atoms with Gasteiger partial charge in [0.1, 0.15) is 12.4 Å². The van der Waals surface area contributed by atoms with Crippen LogP contribution < -0.4 is 29.1 Å². The van der Waals surface area contributed by atoms with E-state index in [2.05, 4.69) is 11.1 Å². The smallest absolute Gasteiger partial charge is 0.338 e. The molecule has 0 unspecified atom stereocenters. The molecule has 0 bridgehead atoms. The van der Waals surface area contributed by atoms with Crippen molar-refractivity contribution < 1.29 is 23.7 Å². The summed E-state index contributed by atoms with van der Waals surface area (Å²) in [6, 6.07) is 21.5. The fraction of sp³-hybridized carbons (Fsp3) is 0.278. The van der Waals surface area contributed by atoms with E-state index in [0.717, 1.165) is 16.7 Å². The predicted molar refractivity (Wildman–Crippen MR) is 176 cm³/mol. The van der Waals surface area contributed by atoms with E-state index in [1.54, 1.807) is 43.5 Å². The minimum absolute atomic E-state index is 0.203. The van der Waals surface area contributed by atoms with E-state index in [1.165, 1.54) is 11.3 Å². The number of thiazole rings is 1. The molecule has 0 saturated heterocycles. The summed E-state index contributed by atoms with van der Waals surface area (Å²) in [7, 11) is 0. The lowest BCUT2D eigenvalue weighted by Crippen LogP contribution is -2.40. The molecule has 1 aliphatic rings. The minimum atomic E-state index is -0.730. The Hall–Kier alpha value is -5.14. The topological polar surface area (TPSA) is 112 Å². The van der Waals surface area contributed by atoms with Crippen molar-refractivity contribution in [1.29, 1.82) is 5.26 Å². The monoisotopic (exact) mass is 637 g/mol. The van der Waals surface area contributed by atoms with Gasteiger partial charge < -0.3 is 18.9 Å². The minimum Gasteiger partial charge on any atom is -0.494 e. The van der Waals surface area contributed by atoms with Crippen molar-refractivity contribution in [2.75, 3.05) is 13.2 Å². The third-order valence-electron chi connectivity index (χ3n) is 7.18. The van der Waals surface area contributed by atoms with Crippen LogP contribution in [0.15, 0.2) is 87.8 Å². The number of esters is 1. The maximum atomic E-state index is 14.1. The van der Waals surface area contributed by atoms with Crippen LogP contribution in [0, 0.1) is 11.3 Å². The molecule has 236 valence electrons. The second-order valence-corrected chi connectivity index (χ2v) is 11.7. The largest absolute Gasteiger partial charge is 0.494 e. The number of benzene rings is 3. The molecule has 1 aliphatic heterocycles. The normalized spacial score (nSPS) is 14.4. The number of nitriles is 1. The lowest BCUT2D eigenvalue weighted by molar-refractivity contribution is -0.143. The zero-order chi connectivity index (χ0) is 32.8. The highest BCUT2D eigenvalue weighted by Gasteiger charge is 2.33. The summed E-state index contributed by atoms with van der Waals surface area (Å²) in [6.07, 6.45) is 1.44. The van der Waals surface area contributed by atoms with Crippen LogP contribution in [-0.4, -0.2) is 29.9 Å². The molecule has 3 aromatic carbocycles. The summed E-state index contributed by atoms with van der Waals surface area (Å²) in [5.74, 6) is 1.21. The van der Waals surface area contributed by atoms with Gasteiger partial charge in [0.05, 0.1) is 52.8 Å². The number of carbonyl (C=O) groups is 1. The van der Waals surface area contributed by atoms with Crippen LogP contribution in [0.1, 0.15) is 62.9 Å². The first kappa shape index (κ1) is 32.3. The molecule has 1 aromatic heterocycles. The van der Waals surface area contributed by atoms with Gasteiger partial charge in [0.15, 0.2) is 16.3 Å². The van der Waals surface area contributed by atoms with Gasteiger partial charge in [0, 0.05) is 5.56 Å².